The minimum Gasteiger partial charge on any atom is -0.374 e. The smallest absolute Gasteiger partial charge is 0.0805 e. The Hall–Kier alpha value is -0.380. The summed E-state index contributed by atoms with van der Waals surface area (Å²) in [5.74, 6) is 0. The van der Waals surface area contributed by atoms with E-state index in [1.165, 1.54) is 9.75 Å². The van der Waals surface area contributed by atoms with Gasteiger partial charge in [-0.2, -0.15) is 0 Å². The lowest BCUT2D eigenvalue weighted by atomic mass is 9.91. The van der Waals surface area contributed by atoms with Gasteiger partial charge in [0.15, 0.2) is 0 Å². The Morgan fingerprint density at radius 3 is 2.41 bits per heavy atom. The molecule has 2 unspecified atom stereocenters. The summed E-state index contributed by atoms with van der Waals surface area (Å²) in [6.45, 7) is 9.20. The summed E-state index contributed by atoms with van der Waals surface area (Å²) in [7, 11) is 0. The average molecular weight is 255 g/mol. The molecule has 2 N–H and O–H groups in total. The average Bonchev–Trinajstić information content (AvgIpc) is 2.76. The molecule has 98 valence electrons. The maximum Gasteiger partial charge on any atom is 0.0805 e. The molecule has 1 rings (SSSR count). The summed E-state index contributed by atoms with van der Waals surface area (Å²) in [5, 5.41) is 0. The van der Waals surface area contributed by atoms with Crippen LogP contribution in [0.25, 0.3) is 0 Å². The Kier molecular flexibility index (Phi) is 5.63. The fraction of sp³-hybridized carbons (Fsp3) is 0.714. The molecule has 3 heteroatoms. The van der Waals surface area contributed by atoms with Crippen molar-refractivity contribution in [3.8, 4) is 0 Å². The van der Waals surface area contributed by atoms with E-state index in [-0.39, 0.29) is 11.6 Å². The fourth-order valence-corrected chi connectivity index (χ4v) is 2.97. The molecule has 1 aromatic rings. The zero-order valence-electron chi connectivity index (χ0n) is 11.5. The predicted octanol–water partition coefficient (Wildman–Crippen LogP) is 3.39. The number of aryl methyl sites for hydroxylation is 1. The molecular formula is C14H25NOS. The second kappa shape index (κ2) is 6.53. The summed E-state index contributed by atoms with van der Waals surface area (Å²) >= 11 is 1.87. The van der Waals surface area contributed by atoms with Gasteiger partial charge in [-0.15, -0.1) is 11.3 Å². The van der Waals surface area contributed by atoms with Crippen LogP contribution in [0.4, 0.5) is 0 Å². The van der Waals surface area contributed by atoms with Crippen LogP contribution in [0.1, 0.15) is 43.9 Å². The summed E-state index contributed by atoms with van der Waals surface area (Å²) in [5.41, 5.74) is 6.11. The van der Waals surface area contributed by atoms with Crippen LogP contribution >= 0.6 is 11.3 Å². The minimum absolute atomic E-state index is 0.0656. The first-order chi connectivity index (χ1) is 8.05. The van der Waals surface area contributed by atoms with E-state index in [1.807, 2.05) is 18.3 Å². The minimum atomic E-state index is -0.203. The third-order valence-corrected chi connectivity index (χ3v) is 4.70. The molecule has 1 heterocycles. The molecular weight excluding hydrogens is 230 g/mol. The van der Waals surface area contributed by atoms with Gasteiger partial charge in [0, 0.05) is 22.4 Å². The van der Waals surface area contributed by atoms with Gasteiger partial charge in [0.25, 0.3) is 0 Å². The Balaban J connectivity index is 2.66. The van der Waals surface area contributed by atoms with Gasteiger partial charge >= 0.3 is 0 Å². The molecule has 0 aliphatic carbocycles. The molecule has 0 saturated carbocycles. The van der Waals surface area contributed by atoms with Gasteiger partial charge in [0.1, 0.15) is 0 Å². The van der Waals surface area contributed by atoms with Crippen molar-refractivity contribution in [2.75, 3.05) is 6.61 Å². The lowest BCUT2D eigenvalue weighted by Gasteiger charge is -2.34. The van der Waals surface area contributed by atoms with Crippen molar-refractivity contribution in [3.05, 3.63) is 21.9 Å². The molecule has 0 aliphatic heterocycles. The second-order valence-corrected chi connectivity index (χ2v) is 5.88. The number of hydrogen-bond donors (Lipinski definition) is 1. The van der Waals surface area contributed by atoms with Crippen molar-refractivity contribution >= 4 is 11.3 Å². The first-order valence-electron chi connectivity index (χ1n) is 6.52. The van der Waals surface area contributed by atoms with E-state index in [0.29, 0.717) is 0 Å². The molecule has 0 bridgehead atoms. The molecule has 2 atom stereocenters. The number of ether oxygens (including phenoxy) is 1. The molecule has 0 fully saturated rings. The highest BCUT2D eigenvalue weighted by Gasteiger charge is 2.30. The van der Waals surface area contributed by atoms with Gasteiger partial charge in [-0.05, 0) is 45.2 Å². The van der Waals surface area contributed by atoms with Gasteiger partial charge in [0.05, 0.1) is 5.60 Å². The number of nitrogens with two attached hydrogens (primary N) is 1. The highest BCUT2D eigenvalue weighted by Crippen LogP contribution is 2.25. The maximum atomic E-state index is 6.31. The second-order valence-electron chi connectivity index (χ2n) is 4.63. The number of hydrogen-bond acceptors (Lipinski definition) is 3. The van der Waals surface area contributed by atoms with E-state index >= 15 is 0 Å². The highest BCUT2D eigenvalue weighted by molar-refractivity contribution is 7.11. The lowest BCUT2D eigenvalue weighted by Crippen LogP contribution is -2.48. The molecule has 0 spiro atoms. The first-order valence-corrected chi connectivity index (χ1v) is 7.34. The Morgan fingerprint density at radius 1 is 1.29 bits per heavy atom. The summed E-state index contributed by atoms with van der Waals surface area (Å²) < 4.78 is 5.83. The van der Waals surface area contributed by atoms with E-state index in [4.69, 9.17) is 10.5 Å². The van der Waals surface area contributed by atoms with Gasteiger partial charge in [0.2, 0.25) is 0 Å². The van der Waals surface area contributed by atoms with Crippen LogP contribution < -0.4 is 5.73 Å². The van der Waals surface area contributed by atoms with Crippen LogP contribution in [0.15, 0.2) is 12.1 Å². The SMILES string of the molecule is CCOC(C)(CC)C(N)Cc1ccc(CC)s1. The van der Waals surface area contributed by atoms with E-state index in [0.717, 1.165) is 25.9 Å². The number of thiophene rings is 1. The summed E-state index contributed by atoms with van der Waals surface area (Å²) in [4.78, 5) is 2.80. The van der Waals surface area contributed by atoms with E-state index in [1.54, 1.807) is 0 Å². The first kappa shape index (κ1) is 14.7. The summed E-state index contributed by atoms with van der Waals surface area (Å²) in [6.07, 6.45) is 2.97. The Bertz CT molecular complexity index is 337. The molecule has 17 heavy (non-hydrogen) atoms. The molecule has 0 saturated heterocycles. The molecule has 0 aliphatic rings. The standard InChI is InChI=1S/C14H25NOS/c1-5-11-8-9-12(17-11)10-13(15)14(4,6-2)16-7-3/h8-9,13H,5-7,10,15H2,1-4H3. The van der Waals surface area contributed by atoms with Gasteiger partial charge in [-0.1, -0.05) is 13.8 Å². The molecule has 0 radical (unpaired) electrons. The normalized spacial score (nSPS) is 16.8. The van der Waals surface area contributed by atoms with Crippen LogP contribution in [-0.4, -0.2) is 18.2 Å². The monoisotopic (exact) mass is 255 g/mol. The molecule has 2 nitrogen and oxygen atoms in total. The molecule has 0 amide bonds. The van der Waals surface area contributed by atoms with Crippen LogP contribution in [-0.2, 0) is 17.6 Å². The lowest BCUT2D eigenvalue weighted by molar-refractivity contribution is -0.0459. The zero-order valence-corrected chi connectivity index (χ0v) is 12.3. The van der Waals surface area contributed by atoms with Crippen molar-refractivity contribution in [3.63, 3.8) is 0 Å². The third kappa shape index (κ3) is 3.80. The summed E-state index contributed by atoms with van der Waals surface area (Å²) in [6, 6.07) is 4.47. The highest BCUT2D eigenvalue weighted by atomic mass is 32.1. The van der Waals surface area contributed by atoms with Crippen molar-refractivity contribution in [2.24, 2.45) is 5.73 Å². The molecule has 1 aromatic heterocycles. The topological polar surface area (TPSA) is 35.2 Å². The van der Waals surface area contributed by atoms with Crippen LogP contribution in [0.2, 0.25) is 0 Å². The van der Waals surface area contributed by atoms with Gasteiger partial charge in [-0.3, -0.25) is 0 Å². The number of rotatable bonds is 7. The van der Waals surface area contributed by atoms with Gasteiger partial charge < -0.3 is 10.5 Å². The van der Waals surface area contributed by atoms with Crippen molar-refractivity contribution < 1.29 is 4.74 Å². The van der Waals surface area contributed by atoms with E-state index in [9.17, 15) is 0 Å². The maximum absolute atomic E-state index is 6.31. The zero-order chi connectivity index (χ0) is 12.9. The van der Waals surface area contributed by atoms with E-state index < -0.39 is 0 Å². The fourth-order valence-electron chi connectivity index (χ4n) is 1.96. The van der Waals surface area contributed by atoms with Crippen molar-refractivity contribution in [2.45, 2.75) is 58.6 Å². The van der Waals surface area contributed by atoms with Gasteiger partial charge in [-0.25, -0.2) is 0 Å². The van der Waals surface area contributed by atoms with Crippen LogP contribution in [0.5, 0.6) is 0 Å². The quantitative estimate of drug-likeness (QED) is 0.810. The Labute approximate surface area is 109 Å². The van der Waals surface area contributed by atoms with Crippen molar-refractivity contribution in [1.82, 2.24) is 0 Å². The Morgan fingerprint density at radius 2 is 1.94 bits per heavy atom. The molecule has 0 aromatic carbocycles. The van der Waals surface area contributed by atoms with Crippen LogP contribution in [0.3, 0.4) is 0 Å². The van der Waals surface area contributed by atoms with Crippen LogP contribution in [0, 0.1) is 0 Å². The predicted molar refractivity (Wildman–Crippen MR) is 75.7 cm³/mol. The van der Waals surface area contributed by atoms with Crippen molar-refractivity contribution in [1.29, 1.82) is 0 Å². The third-order valence-electron chi connectivity index (χ3n) is 3.45. The largest absolute Gasteiger partial charge is 0.374 e. The van der Waals surface area contributed by atoms with E-state index in [2.05, 4.69) is 32.9 Å².